The number of amides is 2. The second kappa shape index (κ2) is 6.45. The van der Waals surface area contributed by atoms with Crippen molar-refractivity contribution in [3.63, 3.8) is 0 Å². The SMILES string of the molecule is CC(NC(=O)C(=O)Nc1ccc(N)cc1Cl)C12CC3CC(CC(C3)C1)C2. The normalized spacial score (nSPS) is 32.9. The summed E-state index contributed by atoms with van der Waals surface area (Å²) in [6.07, 6.45) is 7.63. The van der Waals surface area contributed by atoms with Gasteiger partial charge in [0, 0.05) is 11.7 Å². The summed E-state index contributed by atoms with van der Waals surface area (Å²) in [6, 6.07) is 4.80. The van der Waals surface area contributed by atoms with Gasteiger partial charge in [-0.15, -0.1) is 0 Å². The fourth-order valence-electron chi connectivity index (χ4n) is 5.94. The van der Waals surface area contributed by atoms with Crippen LogP contribution in [-0.4, -0.2) is 17.9 Å². The van der Waals surface area contributed by atoms with Crippen molar-refractivity contribution in [3.05, 3.63) is 23.2 Å². The standard InChI is InChI=1S/C20H26ClN3O2/c1-11(20-8-12-4-13(9-20)6-14(5-12)10-20)23-18(25)19(26)24-17-3-2-15(22)7-16(17)21/h2-3,7,11-14H,4-6,8-10,22H2,1H3,(H,23,25)(H,24,26). The molecule has 4 N–H and O–H groups in total. The van der Waals surface area contributed by atoms with Crippen LogP contribution in [0.5, 0.6) is 0 Å². The van der Waals surface area contributed by atoms with E-state index < -0.39 is 11.8 Å². The van der Waals surface area contributed by atoms with E-state index in [-0.39, 0.29) is 11.5 Å². The molecule has 0 aromatic heterocycles. The van der Waals surface area contributed by atoms with Gasteiger partial charge in [0.2, 0.25) is 0 Å². The largest absolute Gasteiger partial charge is 0.399 e. The Bertz CT molecular complexity index is 713. The quantitative estimate of drug-likeness (QED) is 0.557. The molecule has 5 rings (SSSR count). The molecule has 4 saturated carbocycles. The summed E-state index contributed by atoms with van der Waals surface area (Å²) in [5.41, 5.74) is 6.72. The average Bonchev–Trinajstić information content (AvgIpc) is 2.56. The van der Waals surface area contributed by atoms with Gasteiger partial charge in [-0.05, 0) is 86.8 Å². The van der Waals surface area contributed by atoms with Crippen molar-refractivity contribution in [2.24, 2.45) is 23.2 Å². The van der Waals surface area contributed by atoms with E-state index in [1.807, 2.05) is 0 Å². The number of nitrogen functional groups attached to an aromatic ring is 1. The van der Waals surface area contributed by atoms with Crippen molar-refractivity contribution >= 4 is 34.8 Å². The molecule has 0 heterocycles. The van der Waals surface area contributed by atoms with Gasteiger partial charge in [0.1, 0.15) is 0 Å². The van der Waals surface area contributed by atoms with Crippen molar-refractivity contribution in [3.8, 4) is 0 Å². The van der Waals surface area contributed by atoms with Crippen LogP contribution >= 0.6 is 11.6 Å². The average molecular weight is 376 g/mol. The number of hydrogen-bond donors (Lipinski definition) is 3. The maximum Gasteiger partial charge on any atom is 0.313 e. The molecule has 1 aromatic rings. The molecular weight excluding hydrogens is 350 g/mol. The van der Waals surface area contributed by atoms with Crippen molar-refractivity contribution in [2.45, 2.75) is 51.5 Å². The molecule has 0 saturated heterocycles. The number of carbonyl (C=O) groups excluding carboxylic acids is 2. The Morgan fingerprint density at radius 3 is 2.23 bits per heavy atom. The molecule has 1 unspecified atom stereocenters. The molecule has 26 heavy (non-hydrogen) atoms. The first-order valence-electron chi connectivity index (χ1n) is 9.51. The molecule has 5 nitrogen and oxygen atoms in total. The third-order valence-corrected chi connectivity index (χ3v) is 7.11. The smallest absolute Gasteiger partial charge is 0.313 e. The van der Waals surface area contributed by atoms with Gasteiger partial charge in [-0.3, -0.25) is 9.59 Å². The monoisotopic (exact) mass is 375 g/mol. The Morgan fingerprint density at radius 1 is 1.12 bits per heavy atom. The topological polar surface area (TPSA) is 84.2 Å². The Labute approximate surface area is 159 Å². The van der Waals surface area contributed by atoms with Gasteiger partial charge < -0.3 is 16.4 Å². The summed E-state index contributed by atoms with van der Waals surface area (Å²) in [5.74, 6) is 1.14. The summed E-state index contributed by atoms with van der Waals surface area (Å²) in [5, 5.41) is 5.87. The highest BCUT2D eigenvalue weighted by Gasteiger charge is 2.53. The highest BCUT2D eigenvalue weighted by molar-refractivity contribution is 6.41. The summed E-state index contributed by atoms with van der Waals surface area (Å²) in [7, 11) is 0. The molecule has 1 aromatic carbocycles. The van der Waals surface area contributed by atoms with Crippen molar-refractivity contribution in [1.82, 2.24) is 5.32 Å². The Morgan fingerprint density at radius 2 is 1.69 bits per heavy atom. The fourth-order valence-corrected chi connectivity index (χ4v) is 6.17. The Hall–Kier alpha value is -1.75. The van der Waals surface area contributed by atoms with Crippen LogP contribution in [0, 0.1) is 23.2 Å². The number of nitrogens with two attached hydrogens (primary N) is 1. The number of hydrogen-bond acceptors (Lipinski definition) is 3. The molecule has 6 heteroatoms. The second-order valence-electron chi connectivity index (χ2n) is 8.67. The number of nitrogens with one attached hydrogen (secondary N) is 2. The Kier molecular flexibility index (Phi) is 4.38. The lowest BCUT2D eigenvalue weighted by molar-refractivity contribution is -0.138. The van der Waals surface area contributed by atoms with E-state index >= 15 is 0 Å². The van der Waals surface area contributed by atoms with Crippen LogP contribution in [0.15, 0.2) is 18.2 Å². The molecule has 4 bridgehead atoms. The van der Waals surface area contributed by atoms with Crippen LogP contribution in [0.3, 0.4) is 0 Å². The maximum atomic E-state index is 12.4. The second-order valence-corrected chi connectivity index (χ2v) is 9.08. The van der Waals surface area contributed by atoms with Gasteiger partial charge in [0.05, 0.1) is 10.7 Å². The van der Waals surface area contributed by atoms with E-state index in [2.05, 4.69) is 17.6 Å². The zero-order valence-corrected chi connectivity index (χ0v) is 15.8. The van der Waals surface area contributed by atoms with Crippen LogP contribution in [0.25, 0.3) is 0 Å². The molecule has 0 aliphatic heterocycles. The molecule has 1 atom stereocenters. The molecule has 2 amide bonds. The van der Waals surface area contributed by atoms with Crippen LogP contribution in [0.1, 0.15) is 45.4 Å². The molecule has 4 aliphatic carbocycles. The highest BCUT2D eigenvalue weighted by atomic mass is 35.5. The third-order valence-electron chi connectivity index (χ3n) is 6.80. The molecule has 0 spiro atoms. The summed E-state index contributed by atoms with van der Waals surface area (Å²) >= 11 is 6.07. The zero-order valence-electron chi connectivity index (χ0n) is 15.1. The number of carbonyl (C=O) groups is 2. The first-order valence-corrected chi connectivity index (χ1v) is 9.89. The van der Waals surface area contributed by atoms with Gasteiger partial charge in [-0.1, -0.05) is 11.6 Å². The van der Waals surface area contributed by atoms with E-state index in [4.69, 9.17) is 17.3 Å². The Balaban J connectivity index is 1.40. The van der Waals surface area contributed by atoms with E-state index in [1.54, 1.807) is 18.2 Å². The number of anilines is 2. The van der Waals surface area contributed by atoms with Crippen molar-refractivity contribution in [2.75, 3.05) is 11.1 Å². The van der Waals surface area contributed by atoms with Gasteiger partial charge in [0.25, 0.3) is 0 Å². The third kappa shape index (κ3) is 3.18. The lowest BCUT2D eigenvalue weighted by Gasteiger charge is -2.59. The summed E-state index contributed by atoms with van der Waals surface area (Å²) in [4.78, 5) is 24.7. The number of rotatable bonds is 3. The van der Waals surface area contributed by atoms with Crippen molar-refractivity contribution in [1.29, 1.82) is 0 Å². The predicted molar refractivity (Wildman–Crippen MR) is 103 cm³/mol. The van der Waals surface area contributed by atoms with Gasteiger partial charge >= 0.3 is 11.8 Å². The van der Waals surface area contributed by atoms with E-state index in [1.165, 1.54) is 38.5 Å². The zero-order chi connectivity index (χ0) is 18.5. The van der Waals surface area contributed by atoms with Crippen molar-refractivity contribution < 1.29 is 9.59 Å². The minimum atomic E-state index is -0.687. The van der Waals surface area contributed by atoms with Crippen LogP contribution in [-0.2, 0) is 9.59 Å². The molecular formula is C20H26ClN3O2. The molecule has 4 fully saturated rings. The predicted octanol–water partition coefficient (Wildman–Crippen LogP) is 3.58. The van der Waals surface area contributed by atoms with E-state index in [0.29, 0.717) is 16.4 Å². The van der Waals surface area contributed by atoms with Gasteiger partial charge in [-0.25, -0.2) is 0 Å². The lowest BCUT2D eigenvalue weighted by atomic mass is 9.48. The minimum absolute atomic E-state index is 0.0102. The first-order chi connectivity index (χ1) is 12.3. The van der Waals surface area contributed by atoms with Gasteiger partial charge in [-0.2, -0.15) is 0 Å². The van der Waals surface area contributed by atoms with E-state index in [9.17, 15) is 9.59 Å². The summed E-state index contributed by atoms with van der Waals surface area (Å²) < 4.78 is 0. The van der Waals surface area contributed by atoms with Crippen LogP contribution in [0.4, 0.5) is 11.4 Å². The van der Waals surface area contributed by atoms with Crippen LogP contribution < -0.4 is 16.4 Å². The first kappa shape index (κ1) is 17.7. The maximum absolute atomic E-state index is 12.4. The number of benzene rings is 1. The lowest BCUT2D eigenvalue weighted by Crippen LogP contribution is -2.57. The molecule has 140 valence electrons. The molecule has 0 radical (unpaired) electrons. The van der Waals surface area contributed by atoms with Gasteiger partial charge in [0.15, 0.2) is 0 Å². The number of halogens is 1. The fraction of sp³-hybridized carbons (Fsp3) is 0.600. The highest BCUT2D eigenvalue weighted by Crippen LogP contribution is 2.61. The van der Waals surface area contributed by atoms with Crippen LogP contribution in [0.2, 0.25) is 5.02 Å². The minimum Gasteiger partial charge on any atom is -0.399 e. The molecule has 4 aliphatic rings. The van der Waals surface area contributed by atoms with E-state index in [0.717, 1.165) is 17.8 Å². The summed E-state index contributed by atoms with van der Waals surface area (Å²) in [6.45, 7) is 2.06.